The van der Waals surface area contributed by atoms with Gasteiger partial charge >= 0.3 is 6.61 Å². The first-order valence-corrected chi connectivity index (χ1v) is 7.63. The lowest BCUT2D eigenvalue weighted by atomic mass is 10.1. The zero-order chi connectivity index (χ0) is 16.2. The van der Waals surface area contributed by atoms with Crippen LogP contribution in [0.2, 0.25) is 0 Å². The van der Waals surface area contributed by atoms with Crippen LogP contribution in [0.5, 0.6) is 5.75 Å². The lowest BCUT2D eigenvalue weighted by molar-refractivity contribution is -0.0498. The molecule has 2 nitrogen and oxygen atoms in total. The van der Waals surface area contributed by atoms with Crippen molar-refractivity contribution < 1.29 is 17.9 Å². The molecule has 122 valence electrons. The van der Waals surface area contributed by atoms with Gasteiger partial charge in [-0.3, -0.25) is 4.90 Å². The molecule has 3 rings (SSSR count). The molecule has 0 aliphatic heterocycles. The fourth-order valence-electron chi connectivity index (χ4n) is 2.61. The van der Waals surface area contributed by atoms with E-state index in [1.54, 1.807) is 24.3 Å². The first-order chi connectivity index (χ1) is 11.1. The molecule has 0 amide bonds. The first kappa shape index (κ1) is 15.9. The zero-order valence-electron chi connectivity index (χ0n) is 12.6. The van der Waals surface area contributed by atoms with Gasteiger partial charge in [0.05, 0.1) is 0 Å². The minimum atomic E-state index is -2.81. The van der Waals surface area contributed by atoms with Crippen molar-refractivity contribution in [3.8, 4) is 5.75 Å². The van der Waals surface area contributed by atoms with E-state index >= 15 is 0 Å². The summed E-state index contributed by atoms with van der Waals surface area (Å²) in [5, 5.41) is 0. The Hall–Kier alpha value is -2.01. The highest BCUT2D eigenvalue weighted by Crippen LogP contribution is 2.30. The fraction of sp³-hybridized carbons (Fsp3) is 0.333. The standard InChI is InChI=1S/C18H18F3NO/c19-17-4-2-1-3-14(17)12-22(15-7-8-15)11-13-5-9-16(10-6-13)23-18(20)21/h1-6,9-10,15,18H,7-8,11-12H2. The number of ether oxygens (including phenoxy) is 1. The second-order valence-electron chi connectivity index (χ2n) is 5.75. The van der Waals surface area contributed by atoms with E-state index in [4.69, 9.17) is 0 Å². The number of hydrogen-bond acceptors (Lipinski definition) is 2. The minimum Gasteiger partial charge on any atom is -0.435 e. The van der Waals surface area contributed by atoms with Crippen LogP contribution in [-0.4, -0.2) is 17.6 Å². The Labute approximate surface area is 133 Å². The van der Waals surface area contributed by atoms with E-state index in [0.29, 0.717) is 24.7 Å². The lowest BCUT2D eigenvalue weighted by Crippen LogP contribution is -2.25. The van der Waals surface area contributed by atoms with Gasteiger partial charge in [-0.1, -0.05) is 30.3 Å². The monoisotopic (exact) mass is 321 g/mol. The SMILES string of the molecule is Fc1ccccc1CN(Cc1ccc(OC(F)F)cc1)C1CC1. The van der Waals surface area contributed by atoms with Gasteiger partial charge in [0.2, 0.25) is 0 Å². The molecule has 2 aromatic carbocycles. The fourth-order valence-corrected chi connectivity index (χ4v) is 2.61. The normalized spacial score (nSPS) is 14.5. The zero-order valence-corrected chi connectivity index (χ0v) is 12.6. The Morgan fingerprint density at radius 2 is 1.70 bits per heavy atom. The van der Waals surface area contributed by atoms with Gasteiger partial charge < -0.3 is 4.74 Å². The Morgan fingerprint density at radius 1 is 1.00 bits per heavy atom. The van der Waals surface area contributed by atoms with Crippen molar-refractivity contribution in [3.05, 3.63) is 65.5 Å². The average Bonchev–Trinajstić information content (AvgIpc) is 3.35. The van der Waals surface area contributed by atoms with E-state index in [9.17, 15) is 13.2 Å². The van der Waals surface area contributed by atoms with Crippen molar-refractivity contribution in [3.63, 3.8) is 0 Å². The highest BCUT2D eigenvalue weighted by Gasteiger charge is 2.29. The molecule has 0 N–H and O–H groups in total. The second kappa shape index (κ2) is 7.04. The minimum absolute atomic E-state index is 0.149. The van der Waals surface area contributed by atoms with Crippen molar-refractivity contribution in [1.82, 2.24) is 4.90 Å². The Bertz CT molecular complexity index is 641. The predicted octanol–water partition coefficient (Wildman–Crippen LogP) is 4.59. The average molecular weight is 321 g/mol. The number of alkyl halides is 2. The molecule has 0 saturated heterocycles. The van der Waals surface area contributed by atoms with Crippen molar-refractivity contribution in [2.75, 3.05) is 0 Å². The molecule has 0 spiro atoms. The van der Waals surface area contributed by atoms with Gasteiger partial charge in [-0.2, -0.15) is 8.78 Å². The summed E-state index contributed by atoms with van der Waals surface area (Å²) < 4.78 is 42.5. The highest BCUT2D eigenvalue weighted by atomic mass is 19.3. The van der Waals surface area contributed by atoms with Crippen LogP contribution >= 0.6 is 0 Å². The smallest absolute Gasteiger partial charge is 0.387 e. The summed E-state index contributed by atoms with van der Waals surface area (Å²) in [6.45, 7) is -1.61. The van der Waals surface area contributed by atoms with Gasteiger partial charge in [0.15, 0.2) is 0 Å². The molecule has 0 atom stereocenters. The molecule has 2 aromatic rings. The Balaban J connectivity index is 1.67. The van der Waals surface area contributed by atoms with E-state index < -0.39 is 6.61 Å². The molecule has 1 aliphatic rings. The number of halogens is 3. The van der Waals surface area contributed by atoms with Crippen LogP contribution in [0.15, 0.2) is 48.5 Å². The van der Waals surface area contributed by atoms with Gasteiger partial charge in [0, 0.05) is 24.7 Å². The third kappa shape index (κ3) is 4.48. The van der Waals surface area contributed by atoms with E-state index in [1.807, 2.05) is 6.07 Å². The predicted molar refractivity (Wildman–Crippen MR) is 81.7 cm³/mol. The third-order valence-corrected chi connectivity index (χ3v) is 3.93. The number of rotatable bonds is 7. The van der Waals surface area contributed by atoms with E-state index in [1.165, 1.54) is 18.2 Å². The summed E-state index contributed by atoms with van der Waals surface area (Å²) in [6, 6.07) is 13.9. The largest absolute Gasteiger partial charge is 0.435 e. The molecule has 5 heteroatoms. The molecule has 1 aliphatic carbocycles. The maximum Gasteiger partial charge on any atom is 0.387 e. The van der Waals surface area contributed by atoms with Crippen molar-refractivity contribution >= 4 is 0 Å². The summed E-state index contributed by atoms with van der Waals surface area (Å²) in [4.78, 5) is 2.22. The lowest BCUT2D eigenvalue weighted by Gasteiger charge is -2.22. The van der Waals surface area contributed by atoms with Crippen LogP contribution in [-0.2, 0) is 13.1 Å². The van der Waals surface area contributed by atoms with Crippen LogP contribution in [0.3, 0.4) is 0 Å². The molecule has 1 fully saturated rings. The van der Waals surface area contributed by atoms with Crippen molar-refractivity contribution in [2.45, 2.75) is 38.6 Å². The first-order valence-electron chi connectivity index (χ1n) is 7.63. The maximum absolute atomic E-state index is 13.8. The summed E-state index contributed by atoms with van der Waals surface area (Å²) in [5.74, 6) is -0.0466. The molecule has 0 heterocycles. The number of benzene rings is 2. The second-order valence-corrected chi connectivity index (χ2v) is 5.75. The van der Waals surface area contributed by atoms with Crippen LogP contribution in [0.1, 0.15) is 24.0 Å². The molecular formula is C18H18F3NO. The van der Waals surface area contributed by atoms with Crippen LogP contribution in [0, 0.1) is 5.82 Å². The van der Waals surface area contributed by atoms with Crippen LogP contribution in [0.4, 0.5) is 13.2 Å². The molecule has 0 radical (unpaired) electrons. The van der Waals surface area contributed by atoms with Crippen molar-refractivity contribution in [2.24, 2.45) is 0 Å². The maximum atomic E-state index is 13.8. The van der Waals surface area contributed by atoms with E-state index in [0.717, 1.165) is 18.4 Å². The van der Waals surface area contributed by atoms with Gasteiger partial charge in [0.25, 0.3) is 0 Å². The van der Waals surface area contributed by atoms with Gasteiger partial charge in [0.1, 0.15) is 11.6 Å². The van der Waals surface area contributed by atoms with E-state index in [2.05, 4.69) is 9.64 Å². The van der Waals surface area contributed by atoms with Crippen LogP contribution < -0.4 is 4.74 Å². The van der Waals surface area contributed by atoms with Crippen LogP contribution in [0.25, 0.3) is 0 Å². The summed E-state index contributed by atoms with van der Waals surface area (Å²) in [6.07, 6.45) is 2.22. The molecule has 0 aromatic heterocycles. The Kier molecular flexibility index (Phi) is 4.86. The van der Waals surface area contributed by atoms with Crippen molar-refractivity contribution in [1.29, 1.82) is 0 Å². The highest BCUT2D eigenvalue weighted by molar-refractivity contribution is 5.27. The molecular weight excluding hydrogens is 303 g/mol. The molecule has 1 saturated carbocycles. The van der Waals surface area contributed by atoms with Gasteiger partial charge in [-0.25, -0.2) is 4.39 Å². The quantitative estimate of drug-likeness (QED) is 0.739. The summed E-state index contributed by atoms with van der Waals surface area (Å²) in [7, 11) is 0. The molecule has 0 unspecified atom stereocenters. The number of nitrogens with zero attached hydrogens (tertiary/aromatic N) is 1. The summed E-state index contributed by atoms with van der Waals surface area (Å²) in [5.41, 5.74) is 1.67. The topological polar surface area (TPSA) is 12.5 Å². The third-order valence-electron chi connectivity index (χ3n) is 3.93. The Morgan fingerprint density at radius 3 is 2.30 bits per heavy atom. The molecule has 23 heavy (non-hydrogen) atoms. The molecule has 0 bridgehead atoms. The van der Waals surface area contributed by atoms with Gasteiger partial charge in [-0.15, -0.1) is 0 Å². The van der Waals surface area contributed by atoms with Gasteiger partial charge in [-0.05, 0) is 36.6 Å². The summed E-state index contributed by atoms with van der Waals surface area (Å²) >= 11 is 0. The number of hydrogen-bond donors (Lipinski definition) is 0. The van der Waals surface area contributed by atoms with E-state index in [-0.39, 0.29) is 11.6 Å².